The number of aryl methyl sites for hydroxylation is 2. The van der Waals surface area contributed by atoms with Crippen molar-refractivity contribution in [2.45, 2.75) is 20.5 Å². The number of rotatable bonds is 4. The maximum Gasteiger partial charge on any atom is 0.338 e. The summed E-state index contributed by atoms with van der Waals surface area (Å²) in [6, 6.07) is 20.5. The van der Waals surface area contributed by atoms with Crippen LogP contribution in [0.15, 0.2) is 71.5 Å². The van der Waals surface area contributed by atoms with Crippen LogP contribution in [-0.4, -0.2) is 19.9 Å². The van der Waals surface area contributed by atoms with Crippen molar-refractivity contribution in [1.82, 2.24) is 14.0 Å². The molecule has 0 fully saturated rings. The lowest BCUT2D eigenvalue weighted by Crippen LogP contribution is -2.15. The van der Waals surface area contributed by atoms with Crippen LogP contribution >= 0.6 is 11.3 Å². The molecule has 154 valence electrons. The Bertz CT molecular complexity index is 1470. The second-order valence-electron chi connectivity index (χ2n) is 7.35. The van der Waals surface area contributed by atoms with Gasteiger partial charge in [0.25, 0.3) is 5.56 Å². The molecule has 2 aromatic carbocycles. The summed E-state index contributed by atoms with van der Waals surface area (Å²) in [6.07, 6.45) is 0. The molecule has 0 N–H and O–H groups in total. The average Bonchev–Trinajstić information content (AvgIpc) is 3.31. The fraction of sp³-hybridized carbons (Fsp3) is 0.125. The van der Waals surface area contributed by atoms with Crippen LogP contribution in [0.25, 0.3) is 20.9 Å². The second-order valence-corrected chi connectivity index (χ2v) is 8.36. The largest absolute Gasteiger partial charge is 0.456 e. The van der Waals surface area contributed by atoms with Gasteiger partial charge in [-0.25, -0.2) is 9.78 Å². The minimum atomic E-state index is -0.453. The van der Waals surface area contributed by atoms with E-state index in [1.54, 1.807) is 16.5 Å². The summed E-state index contributed by atoms with van der Waals surface area (Å²) < 4.78 is 10.1. The molecular weight excluding hydrogens is 410 g/mol. The van der Waals surface area contributed by atoms with Gasteiger partial charge in [0.15, 0.2) is 4.96 Å². The van der Waals surface area contributed by atoms with E-state index in [-0.39, 0.29) is 12.2 Å². The second kappa shape index (κ2) is 7.52. The summed E-state index contributed by atoms with van der Waals surface area (Å²) in [4.78, 5) is 30.2. The van der Waals surface area contributed by atoms with Crippen molar-refractivity contribution >= 4 is 32.5 Å². The highest BCUT2D eigenvalue weighted by Crippen LogP contribution is 2.23. The number of ether oxygens (including phenoxy) is 1. The van der Waals surface area contributed by atoms with E-state index in [4.69, 9.17) is 4.74 Å². The zero-order chi connectivity index (χ0) is 21.5. The van der Waals surface area contributed by atoms with E-state index < -0.39 is 5.97 Å². The van der Waals surface area contributed by atoms with Gasteiger partial charge in [-0.15, -0.1) is 0 Å². The Morgan fingerprint density at radius 3 is 2.45 bits per heavy atom. The SMILES string of the molecule is Cc1ccc(C)n1-c1ccc(C(=O)OCc2cc(=O)n3c(n2)sc2ccccc23)cc1. The lowest BCUT2D eigenvalue weighted by Gasteiger charge is -2.10. The van der Waals surface area contributed by atoms with E-state index in [0.29, 0.717) is 16.2 Å². The van der Waals surface area contributed by atoms with Crippen LogP contribution in [0.3, 0.4) is 0 Å². The zero-order valence-corrected chi connectivity index (χ0v) is 17.8. The summed E-state index contributed by atoms with van der Waals surface area (Å²) in [5.41, 5.74) is 4.77. The van der Waals surface area contributed by atoms with Gasteiger partial charge in [0.2, 0.25) is 0 Å². The van der Waals surface area contributed by atoms with Gasteiger partial charge in [-0.2, -0.15) is 0 Å². The molecule has 0 aliphatic carbocycles. The molecule has 31 heavy (non-hydrogen) atoms. The number of benzene rings is 2. The van der Waals surface area contributed by atoms with E-state index in [9.17, 15) is 9.59 Å². The fourth-order valence-corrected chi connectivity index (χ4v) is 4.79. The molecule has 5 rings (SSSR count). The molecule has 6 nitrogen and oxygen atoms in total. The van der Waals surface area contributed by atoms with Crippen molar-refractivity contribution in [3.63, 3.8) is 0 Å². The van der Waals surface area contributed by atoms with E-state index in [2.05, 4.69) is 21.7 Å². The highest BCUT2D eigenvalue weighted by molar-refractivity contribution is 7.23. The number of carbonyl (C=O) groups is 1. The van der Waals surface area contributed by atoms with Crippen molar-refractivity contribution in [1.29, 1.82) is 0 Å². The molecule has 0 aliphatic rings. The van der Waals surface area contributed by atoms with Gasteiger partial charge in [-0.05, 0) is 62.4 Å². The Kier molecular flexibility index (Phi) is 4.67. The molecule has 0 aliphatic heterocycles. The average molecular weight is 430 g/mol. The van der Waals surface area contributed by atoms with E-state index in [1.165, 1.54) is 17.4 Å². The maximum absolute atomic E-state index is 12.6. The molecule has 3 aromatic heterocycles. The first-order chi connectivity index (χ1) is 15.0. The minimum absolute atomic E-state index is 0.0591. The van der Waals surface area contributed by atoms with Gasteiger partial charge < -0.3 is 9.30 Å². The van der Waals surface area contributed by atoms with Gasteiger partial charge >= 0.3 is 5.97 Å². The van der Waals surface area contributed by atoms with E-state index in [0.717, 1.165) is 27.3 Å². The topological polar surface area (TPSA) is 65.6 Å². The van der Waals surface area contributed by atoms with Gasteiger partial charge in [0.05, 0.1) is 21.5 Å². The standard InChI is InChI=1S/C24H19N3O3S/c1-15-7-8-16(2)26(15)19-11-9-17(10-12-19)23(29)30-14-18-13-22(28)27-20-5-3-4-6-21(20)31-24(27)25-18/h3-13H,14H2,1-2H3. The maximum atomic E-state index is 12.6. The Morgan fingerprint density at radius 2 is 1.71 bits per heavy atom. The first-order valence-corrected chi connectivity index (χ1v) is 10.7. The molecule has 3 heterocycles. The van der Waals surface area contributed by atoms with E-state index in [1.807, 2.05) is 50.2 Å². The van der Waals surface area contributed by atoms with Gasteiger partial charge in [0.1, 0.15) is 6.61 Å². The highest BCUT2D eigenvalue weighted by Gasteiger charge is 2.13. The summed E-state index contributed by atoms with van der Waals surface area (Å²) in [5.74, 6) is -0.453. The molecule has 7 heteroatoms. The summed E-state index contributed by atoms with van der Waals surface area (Å²) in [5, 5.41) is 0. The number of aromatic nitrogens is 3. The third-order valence-corrected chi connectivity index (χ3v) is 6.25. The zero-order valence-electron chi connectivity index (χ0n) is 17.0. The van der Waals surface area contributed by atoms with Crippen molar-refractivity contribution in [2.75, 3.05) is 0 Å². The Balaban J connectivity index is 1.35. The van der Waals surface area contributed by atoms with Crippen LogP contribution < -0.4 is 5.56 Å². The van der Waals surface area contributed by atoms with E-state index >= 15 is 0 Å². The Labute approximate surface area is 182 Å². The number of nitrogens with zero attached hydrogens (tertiary/aromatic N) is 3. The number of esters is 1. The quantitative estimate of drug-likeness (QED) is 0.389. The molecule has 0 amide bonds. The van der Waals surface area contributed by atoms with Gasteiger partial charge in [-0.3, -0.25) is 9.20 Å². The Hall–Kier alpha value is -3.71. The summed E-state index contributed by atoms with van der Waals surface area (Å²) >= 11 is 1.43. The number of carbonyl (C=O) groups excluding carboxylic acids is 1. The normalized spacial score (nSPS) is 11.3. The molecular formula is C24H19N3O3S. The van der Waals surface area contributed by atoms with Crippen molar-refractivity contribution in [3.05, 3.63) is 99.7 Å². The summed E-state index contributed by atoms with van der Waals surface area (Å²) in [6.45, 7) is 4.02. The smallest absolute Gasteiger partial charge is 0.338 e. The van der Waals surface area contributed by atoms with Crippen LogP contribution in [0.5, 0.6) is 0 Å². The number of hydrogen-bond acceptors (Lipinski definition) is 5. The number of fused-ring (bicyclic) bond motifs is 3. The van der Waals surface area contributed by atoms with Crippen LogP contribution in [-0.2, 0) is 11.3 Å². The lowest BCUT2D eigenvalue weighted by atomic mass is 10.2. The van der Waals surface area contributed by atoms with Crippen LogP contribution in [0.4, 0.5) is 0 Å². The number of hydrogen-bond donors (Lipinski definition) is 0. The molecule has 0 saturated carbocycles. The first kappa shape index (κ1) is 19.3. The molecule has 0 bridgehead atoms. The van der Waals surface area contributed by atoms with Crippen LogP contribution in [0.2, 0.25) is 0 Å². The monoisotopic (exact) mass is 429 g/mol. The first-order valence-electron chi connectivity index (χ1n) is 9.84. The molecule has 0 atom stereocenters. The molecule has 0 unspecified atom stereocenters. The molecule has 5 aromatic rings. The minimum Gasteiger partial charge on any atom is -0.456 e. The molecule has 0 spiro atoms. The number of para-hydroxylation sites is 1. The number of thiazole rings is 1. The Morgan fingerprint density at radius 1 is 1.00 bits per heavy atom. The fourth-order valence-electron chi connectivity index (χ4n) is 3.74. The predicted molar refractivity (Wildman–Crippen MR) is 121 cm³/mol. The molecule has 0 saturated heterocycles. The predicted octanol–water partition coefficient (Wildman–Crippen LogP) is 4.67. The lowest BCUT2D eigenvalue weighted by molar-refractivity contribution is 0.0468. The van der Waals surface area contributed by atoms with Crippen molar-refractivity contribution in [2.24, 2.45) is 0 Å². The van der Waals surface area contributed by atoms with Crippen LogP contribution in [0.1, 0.15) is 27.4 Å². The molecule has 0 radical (unpaired) electrons. The van der Waals surface area contributed by atoms with Crippen molar-refractivity contribution in [3.8, 4) is 5.69 Å². The van der Waals surface area contributed by atoms with Gasteiger partial charge in [0, 0.05) is 23.1 Å². The third kappa shape index (κ3) is 3.43. The van der Waals surface area contributed by atoms with Crippen LogP contribution in [0, 0.1) is 13.8 Å². The van der Waals surface area contributed by atoms with Crippen molar-refractivity contribution < 1.29 is 9.53 Å². The highest BCUT2D eigenvalue weighted by atomic mass is 32.1. The third-order valence-electron chi connectivity index (χ3n) is 5.23. The summed E-state index contributed by atoms with van der Waals surface area (Å²) in [7, 11) is 0. The van der Waals surface area contributed by atoms with Gasteiger partial charge in [-0.1, -0.05) is 23.5 Å².